The highest BCUT2D eigenvalue weighted by Gasteiger charge is 2.22. The standard InChI is InChI=1S/C12H17N3O2.2ClH/c1-17-12(16)10-3-2-6-14-11(10)15-7-4-9(13)5-8-15;;/h2-3,6,9H,4-5,7-8,13H2,1H3;2*1H. The molecule has 2 rings (SSSR count). The van der Waals surface area contributed by atoms with Gasteiger partial charge in [-0.2, -0.15) is 0 Å². The van der Waals surface area contributed by atoms with Crippen molar-refractivity contribution >= 4 is 36.6 Å². The maximum atomic E-state index is 11.6. The van der Waals surface area contributed by atoms with Crippen LogP contribution in [0.4, 0.5) is 5.82 Å². The minimum Gasteiger partial charge on any atom is -0.465 e. The van der Waals surface area contributed by atoms with Crippen molar-refractivity contribution in [2.75, 3.05) is 25.1 Å². The average molecular weight is 308 g/mol. The van der Waals surface area contributed by atoms with Crippen molar-refractivity contribution in [3.8, 4) is 0 Å². The Kier molecular flexibility index (Phi) is 7.75. The lowest BCUT2D eigenvalue weighted by molar-refractivity contribution is 0.0601. The van der Waals surface area contributed by atoms with Gasteiger partial charge in [0.15, 0.2) is 0 Å². The summed E-state index contributed by atoms with van der Waals surface area (Å²) in [6.45, 7) is 1.67. The predicted octanol–water partition coefficient (Wildman–Crippen LogP) is 1.64. The number of methoxy groups -OCH3 is 1. The lowest BCUT2D eigenvalue weighted by Crippen LogP contribution is -2.40. The molecule has 2 heterocycles. The first kappa shape index (κ1) is 18.0. The summed E-state index contributed by atoms with van der Waals surface area (Å²) in [4.78, 5) is 18.0. The third-order valence-corrected chi connectivity index (χ3v) is 3.03. The summed E-state index contributed by atoms with van der Waals surface area (Å²) in [7, 11) is 1.38. The number of carbonyl (C=O) groups excluding carboxylic acids is 1. The monoisotopic (exact) mass is 307 g/mol. The zero-order valence-electron chi connectivity index (χ0n) is 10.7. The van der Waals surface area contributed by atoms with Crippen molar-refractivity contribution in [2.45, 2.75) is 18.9 Å². The van der Waals surface area contributed by atoms with Crippen molar-refractivity contribution in [1.82, 2.24) is 4.98 Å². The second-order valence-corrected chi connectivity index (χ2v) is 4.19. The van der Waals surface area contributed by atoms with Crippen LogP contribution in [0.15, 0.2) is 18.3 Å². The fourth-order valence-electron chi connectivity index (χ4n) is 2.03. The Morgan fingerprint density at radius 1 is 1.42 bits per heavy atom. The van der Waals surface area contributed by atoms with Gasteiger partial charge in [-0.1, -0.05) is 0 Å². The maximum absolute atomic E-state index is 11.6. The number of piperidine rings is 1. The lowest BCUT2D eigenvalue weighted by atomic mass is 10.1. The summed E-state index contributed by atoms with van der Waals surface area (Å²) in [5.41, 5.74) is 6.38. The topological polar surface area (TPSA) is 68.5 Å². The first-order chi connectivity index (χ1) is 8.22. The minimum atomic E-state index is -0.344. The molecule has 1 fully saturated rings. The summed E-state index contributed by atoms with van der Waals surface area (Å²) in [6, 6.07) is 3.74. The first-order valence-electron chi connectivity index (χ1n) is 5.76. The molecule has 0 radical (unpaired) electrons. The van der Waals surface area contributed by atoms with E-state index in [0.717, 1.165) is 25.9 Å². The van der Waals surface area contributed by atoms with Crippen LogP contribution in [-0.4, -0.2) is 37.2 Å². The second kappa shape index (κ2) is 8.19. The zero-order valence-corrected chi connectivity index (χ0v) is 12.4. The number of halogens is 2. The Morgan fingerprint density at radius 3 is 2.63 bits per heavy atom. The van der Waals surface area contributed by atoms with E-state index in [2.05, 4.69) is 9.88 Å². The Labute approximate surface area is 125 Å². The van der Waals surface area contributed by atoms with Crippen molar-refractivity contribution in [3.05, 3.63) is 23.9 Å². The van der Waals surface area contributed by atoms with E-state index in [1.165, 1.54) is 7.11 Å². The lowest BCUT2D eigenvalue weighted by Gasteiger charge is -2.31. The summed E-state index contributed by atoms with van der Waals surface area (Å²) < 4.78 is 4.76. The maximum Gasteiger partial charge on any atom is 0.341 e. The molecule has 0 atom stereocenters. The van der Waals surface area contributed by atoms with Gasteiger partial charge in [0.25, 0.3) is 0 Å². The molecule has 1 aromatic heterocycles. The van der Waals surface area contributed by atoms with Gasteiger partial charge in [-0.3, -0.25) is 0 Å². The van der Waals surface area contributed by atoms with Gasteiger partial charge in [0.05, 0.1) is 7.11 Å². The summed E-state index contributed by atoms with van der Waals surface area (Å²) in [5, 5.41) is 0. The SMILES string of the molecule is COC(=O)c1cccnc1N1CCC(N)CC1.Cl.Cl. The molecule has 2 N–H and O–H groups in total. The van der Waals surface area contributed by atoms with E-state index in [-0.39, 0.29) is 36.8 Å². The molecule has 0 aromatic carbocycles. The highest BCUT2D eigenvalue weighted by atomic mass is 35.5. The van der Waals surface area contributed by atoms with E-state index in [9.17, 15) is 4.79 Å². The van der Waals surface area contributed by atoms with Crippen LogP contribution in [0, 0.1) is 0 Å². The molecule has 0 unspecified atom stereocenters. The summed E-state index contributed by atoms with van der Waals surface area (Å²) in [6.07, 6.45) is 3.55. The molecule has 0 spiro atoms. The molecule has 1 aromatic rings. The predicted molar refractivity (Wildman–Crippen MR) is 79.5 cm³/mol. The Hall–Kier alpha value is -1.04. The van der Waals surface area contributed by atoms with E-state index in [0.29, 0.717) is 11.4 Å². The van der Waals surface area contributed by atoms with Crippen molar-refractivity contribution in [3.63, 3.8) is 0 Å². The van der Waals surface area contributed by atoms with Gasteiger partial charge in [-0.05, 0) is 25.0 Å². The fraction of sp³-hybridized carbons (Fsp3) is 0.500. The summed E-state index contributed by atoms with van der Waals surface area (Å²) in [5.74, 6) is 0.356. The van der Waals surface area contributed by atoms with Crippen molar-refractivity contribution in [2.24, 2.45) is 5.73 Å². The molecule has 1 aliphatic rings. The molecule has 108 valence electrons. The van der Waals surface area contributed by atoms with E-state index in [1.54, 1.807) is 18.3 Å². The van der Waals surface area contributed by atoms with Crippen LogP contribution in [0.1, 0.15) is 23.2 Å². The molecule has 0 saturated carbocycles. The van der Waals surface area contributed by atoms with Crippen LogP contribution in [0.5, 0.6) is 0 Å². The summed E-state index contributed by atoms with van der Waals surface area (Å²) >= 11 is 0. The average Bonchev–Trinajstić information content (AvgIpc) is 2.39. The highest BCUT2D eigenvalue weighted by Crippen LogP contribution is 2.21. The molecule has 19 heavy (non-hydrogen) atoms. The minimum absolute atomic E-state index is 0. The molecule has 5 nitrogen and oxygen atoms in total. The third-order valence-electron chi connectivity index (χ3n) is 3.03. The van der Waals surface area contributed by atoms with Gasteiger partial charge in [0, 0.05) is 25.3 Å². The molecular formula is C12H19Cl2N3O2. The fourth-order valence-corrected chi connectivity index (χ4v) is 2.03. The normalized spacial score (nSPS) is 15.2. The molecule has 7 heteroatoms. The molecule has 1 saturated heterocycles. The second-order valence-electron chi connectivity index (χ2n) is 4.19. The van der Waals surface area contributed by atoms with Crippen LogP contribution in [0.2, 0.25) is 0 Å². The number of nitrogens with two attached hydrogens (primary N) is 1. The van der Waals surface area contributed by atoms with E-state index < -0.39 is 0 Å². The van der Waals surface area contributed by atoms with Crippen molar-refractivity contribution in [1.29, 1.82) is 0 Å². The number of hydrogen-bond donors (Lipinski definition) is 1. The van der Waals surface area contributed by atoms with E-state index in [1.807, 2.05) is 0 Å². The van der Waals surface area contributed by atoms with E-state index >= 15 is 0 Å². The molecule has 0 bridgehead atoms. The number of rotatable bonds is 2. The quantitative estimate of drug-likeness (QED) is 0.841. The van der Waals surface area contributed by atoms with Gasteiger partial charge < -0.3 is 15.4 Å². The first-order valence-corrected chi connectivity index (χ1v) is 5.76. The van der Waals surface area contributed by atoms with Gasteiger partial charge >= 0.3 is 5.97 Å². The van der Waals surface area contributed by atoms with Crippen LogP contribution < -0.4 is 10.6 Å². The number of pyridine rings is 1. The van der Waals surface area contributed by atoms with Gasteiger partial charge in [-0.25, -0.2) is 9.78 Å². The third kappa shape index (κ3) is 4.23. The molecule has 1 aliphatic heterocycles. The smallest absolute Gasteiger partial charge is 0.341 e. The highest BCUT2D eigenvalue weighted by molar-refractivity contribution is 5.94. The number of aromatic nitrogens is 1. The Morgan fingerprint density at radius 2 is 2.05 bits per heavy atom. The Bertz CT molecular complexity index is 410. The van der Waals surface area contributed by atoms with Crippen LogP contribution >= 0.6 is 24.8 Å². The number of hydrogen-bond acceptors (Lipinski definition) is 5. The number of anilines is 1. The van der Waals surface area contributed by atoms with E-state index in [4.69, 9.17) is 10.5 Å². The van der Waals surface area contributed by atoms with Gasteiger partial charge in [0.2, 0.25) is 0 Å². The molecule has 0 amide bonds. The number of esters is 1. The van der Waals surface area contributed by atoms with Crippen LogP contribution in [-0.2, 0) is 4.74 Å². The molecule has 0 aliphatic carbocycles. The molecular weight excluding hydrogens is 289 g/mol. The number of carbonyl (C=O) groups is 1. The van der Waals surface area contributed by atoms with Gasteiger partial charge in [0.1, 0.15) is 11.4 Å². The van der Waals surface area contributed by atoms with Crippen molar-refractivity contribution < 1.29 is 9.53 Å². The zero-order chi connectivity index (χ0) is 12.3. The van der Waals surface area contributed by atoms with Crippen LogP contribution in [0.25, 0.3) is 0 Å². The van der Waals surface area contributed by atoms with Crippen LogP contribution in [0.3, 0.4) is 0 Å². The number of ether oxygens (including phenoxy) is 1. The Balaban J connectivity index is 0.00000162. The number of nitrogens with zero attached hydrogens (tertiary/aromatic N) is 2. The largest absolute Gasteiger partial charge is 0.465 e. The van der Waals surface area contributed by atoms with Gasteiger partial charge in [-0.15, -0.1) is 24.8 Å².